The van der Waals surface area contributed by atoms with Crippen LogP contribution in [0.1, 0.15) is 35.4 Å². The smallest absolute Gasteiger partial charge is 0.261 e. The summed E-state index contributed by atoms with van der Waals surface area (Å²) in [5.41, 5.74) is 0. The standard InChI is InChI=1S/C12H15Br2NOS2/c1-17-8-4-2-3-7(5-8)15-12(16)10-6-9(13)11(14)18-10/h6-8H,2-5H2,1H3,(H,15,16). The molecule has 1 N–H and O–H groups in total. The van der Waals surface area contributed by atoms with Gasteiger partial charge in [-0.3, -0.25) is 4.79 Å². The van der Waals surface area contributed by atoms with Gasteiger partial charge in [0.2, 0.25) is 0 Å². The first-order chi connectivity index (χ1) is 8.60. The molecule has 6 heteroatoms. The lowest BCUT2D eigenvalue weighted by atomic mass is 9.95. The van der Waals surface area contributed by atoms with E-state index in [1.807, 2.05) is 17.8 Å². The van der Waals surface area contributed by atoms with Gasteiger partial charge in [0, 0.05) is 15.8 Å². The third-order valence-electron chi connectivity index (χ3n) is 3.16. The molecule has 1 aromatic rings. The zero-order chi connectivity index (χ0) is 13.1. The van der Waals surface area contributed by atoms with Crippen LogP contribution in [0.15, 0.2) is 14.3 Å². The molecule has 1 aliphatic carbocycles. The summed E-state index contributed by atoms with van der Waals surface area (Å²) < 4.78 is 1.92. The summed E-state index contributed by atoms with van der Waals surface area (Å²) in [5, 5.41) is 3.86. The highest BCUT2D eigenvalue weighted by Gasteiger charge is 2.23. The normalized spacial score (nSPS) is 23.9. The van der Waals surface area contributed by atoms with Gasteiger partial charge in [0.1, 0.15) is 0 Å². The van der Waals surface area contributed by atoms with Crippen LogP contribution in [-0.2, 0) is 0 Å². The maximum Gasteiger partial charge on any atom is 0.261 e. The van der Waals surface area contributed by atoms with Crippen molar-refractivity contribution in [2.75, 3.05) is 6.26 Å². The molecule has 0 spiro atoms. The highest BCUT2D eigenvalue weighted by atomic mass is 79.9. The van der Waals surface area contributed by atoms with Crippen molar-refractivity contribution in [3.63, 3.8) is 0 Å². The second-order valence-electron chi connectivity index (χ2n) is 4.43. The predicted octanol–water partition coefficient (Wildman–Crippen LogP) is 4.68. The van der Waals surface area contributed by atoms with E-state index in [9.17, 15) is 4.79 Å². The number of hydrogen-bond acceptors (Lipinski definition) is 3. The Morgan fingerprint density at radius 3 is 2.89 bits per heavy atom. The maximum absolute atomic E-state index is 12.1. The maximum atomic E-state index is 12.1. The average molecular weight is 413 g/mol. The number of hydrogen-bond donors (Lipinski definition) is 1. The van der Waals surface area contributed by atoms with Gasteiger partial charge in [0.25, 0.3) is 5.91 Å². The van der Waals surface area contributed by atoms with Gasteiger partial charge < -0.3 is 5.32 Å². The highest BCUT2D eigenvalue weighted by molar-refractivity contribution is 9.13. The summed E-state index contributed by atoms with van der Waals surface area (Å²) in [4.78, 5) is 12.9. The fourth-order valence-electron chi connectivity index (χ4n) is 2.21. The number of thiophene rings is 1. The molecule has 0 aromatic carbocycles. The van der Waals surface area contributed by atoms with Crippen LogP contribution in [0, 0.1) is 0 Å². The molecular formula is C12H15Br2NOS2. The van der Waals surface area contributed by atoms with Crippen molar-refractivity contribution < 1.29 is 4.79 Å². The van der Waals surface area contributed by atoms with Gasteiger partial charge in [-0.1, -0.05) is 6.42 Å². The zero-order valence-corrected chi connectivity index (χ0v) is 14.8. The van der Waals surface area contributed by atoms with E-state index in [0.29, 0.717) is 11.3 Å². The van der Waals surface area contributed by atoms with E-state index in [2.05, 4.69) is 43.4 Å². The molecule has 100 valence electrons. The summed E-state index contributed by atoms with van der Waals surface area (Å²) in [7, 11) is 0. The molecule has 1 saturated carbocycles. The van der Waals surface area contributed by atoms with Crippen molar-refractivity contribution in [1.82, 2.24) is 5.32 Å². The van der Waals surface area contributed by atoms with Gasteiger partial charge in [-0.2, -0.15) is 11.8 Å². The summed E-state index contributed by atoms with van der Waals surface area (Å²) in [6.07, 6.45) is 6.86. The van der Waals surface area contributed by atoms with Crippen molar-refractivity contribution in [3.8, 4) is 0 Å². The lowest BCUT2D eigenvalue weighted by molar-refractivity contribution is 0.0932. The first kappa shape index (κ1) is 14.9. The Hall–Kier alpha value is 0.480. The number of rotatable bonds is 3. The van der Waals surface area contributed by atoms with Crippen molar-refractivity contribution >= 4 is 60.9 Å². The summed E-state index contributed by atoms with van der Waals surface area (Å²) in [6, 6.07) is 2.21. The first-order valence-electron chi connectivity index (χ1n) is 5.88. The van der Waals surface area contributed by atoms with Gasteiger partial charge in [-0.05, 0) is 63.4 Å². The number of carbonyl (C=O) groups is 1. The molecule has 1 amide bonds. The minimum atomic E-state index is 0.0538. The van der Waals surface area contributed by atoms with Crippen molar-refractivity contribution in [1.29, 1.82) is 0 Å². The predicted molar refractivity (Wildman–Crippen MR) is 86.7 cm³/mol. The van der Waals surface area contributed by atoms with Gasteiger partial charge in [-0.15, -0.1) is 11.3 Å². The molecule has 2 unspecified atom stereocenters. The van der Waals surface area contributed by atoms with Crippen LogP contribution in [0.4, 0.5) is 0 Å². The molecule has 0 bridgehead atoms. The summed E-state index contributed by atoms with van der Waals surface area (Å²) in [5.74, 6) is 0.0538. The van der Waals surface area contributed by atoms with Gasteiger partial charge in [-0.25, -0.2) is 0 Å². The zero-order valence-electron chi connectivity index (χ0n) is 10.0. The van der Waals surface area contributed by atoms with E-state index < -0.39 is 0 Å². The topological polar surface area (TPSA) is 29.1 Å². The molecule has 2 atom stereocenters. The van der Waals surface area contributed by atoms with Crippen LogP contribution < -0.4 is 5.32 Å². The van der Waals surface area contributed by atoms with E-state index in [1.54, 1.807) is 0 Å². The van der Waals surface area contributed by atoms with Gasteiger partial charge in [0.15, 0.2) is 0 Å². The van der Waals surface area contributed by atoms with Gasteiger partial charge in [0.05, 0.1) is 8.66 Å². The van der Waals surface area contributed by atoms with Crippen LogP contribution in [0.25, 0.3) is 0 Å². The number of nitrogens with one attached hydrogen (secondary N) is 1. The Morgan fingerprint density at radius 1 is 1.50 bits per heavy atom. The largest absolute Gasteiger partial charge is 0.349 e. The van der Waals surface area contributed by atoms with E-state index >= 15 is 0 Å². The second-order valence-corrected chi connectivity index (χ2v) is 8.79. The lowest BCUT2D eigenvalue weighted by Gasteiger charge is -2.28. The monoisotopic (exact) mass is 411 g/mol. The quantitative estimate of drug-likeness (QED) is 0.780. The Kier molecular flexibility index (Phi) is 5.60. The van der Waals surface area contributed by atoms with Crippen LogP contribution in [0.5, 0.6) is 0 Å². The number of thioether (sulfide) groups is 1. The summed E-state index contributed by atoms with van der Waals surface area (Å²) in [6.45, 7) is 0. The molecule has 1 aliphatic rings. The van der Waals surface area contributed by atoms with Crippen LogP contribution in [0.3, 0.4) is 0 Å². The first-order valence-corrected chi connectivity index (χ1v) is 9.57. The lowest BCUT2D eigenvalue weighted by Crippen LogP contribution is -2.38. The Morgan fingerprint density at radius 2 is 2.28 bits per heavy atom. The third-order valence-corrected chi connectivity index (χ3v) is 7.51. The van der Waals surface area contributed by atoms with Crippen LogP contribution >= 0.6 is 55.0 Å². The number of carbonyl (C=O) groups excluding carboxylic acids is 1. The molecule has 18 heavy (non-hydrogen) atoms. The van der Waals surface area contributed by atoms with E-state index in [0.717, 1.165) is 26.0 Å². The van der Waals surface area contributed by atoms with E-state index in [-0.39, 0.29) is 5.91 Å². The second kappa shape index (κ2) is 6.77. The third kappa shape index (κ3) is 3.74. The molecule has 1 aromatic heterocycles. The molecule has 0 aliphatic heterocycles. The molecule has 2 rings (SSSR count). The van der Waals surface area contributed by atoms with Crippen molar-refractivity contribution in [3.05, 3.63) is 19.2 Å². The van der Waals surface area contributed by atoms with E-state index in [1.165, 1.54) is 24.2 Å². The minimum Gasteiger partial charge on any atom is -0.349 e. The Labute approximate surface area is 133 Å². The molecule has 1 fully saturated rings. The number of halogens is 2. The summed E-state index contributed by atoms with van der Waals surface area (Å²) >= 11 is 10.2. The average Bonchev–Trinajstić information content (AvgIpc) is 2.70. The van der Waals surface area contributed by atoms with Gasteiger partial charge >= 0.3 is 0 Å². The van der Waals surface area contributed by atoms with Crippen LogP contribution in [-0.4, -0.2) is 23.5 Å². The Bertz CT molecular complexity index is 416. The minimum absolute atomic E-state index is 0.0538. The Balaban J connectivity index is 1.94. The van der Waals surface area contributed by atoms with Crippen molar-refractivity contribution in [2.45, 2.75) is 37.0 Å². The highest BCUT2D eigenvalue weighted by Crippen LogP contribution is 2.33. The molecular weight excluding hydrogens is 398 g/mol. The van der Waals surface area contributed by atoms with E-state index in [4.69, 9.17) is 0 Å². The fraction of sp³-hybridized carbons (Fsp3) is 0.583. The molecule has 0 radical (unpaired) electrons. The fourth-order valence-corrected chi connectivity index (χ4v) is 4.97. The number of amides is 1. The van der Waals surface area contributed by atoms with Crippen LogP contribution in [0.2, 0.25) is 0 Å². The van der Waals surface area contributed by atoms with Crippen molar-refractivity contribution in [2.24, 2.45) is 0 Å². The molecule has 0 saturated heterocycles. The SMILES string of the molecule is CSC1CCCC(NC(=O)c2cc(Br)c(Br)s2)C1. The molecule has 1 heterocycles. The molecule has 2 nitrogen and oxygen atoms in total.